The first-order valence-electron chi connectivity index (χ1n) is 5.02. The van der Waals surface area contributed by atoms with Crippen molar-refractivity contribution in [2.24, 2.45) is 0 Å². The van der Waals surface area contributed by atoms with E-state index in [1.165, 1.54) is 25.1 Å². The fourth-order valence-corrected chi connectivity index (χ4v) is 3.70. The van der Waals surface area contributed by atoms with Gasteiger partial charge in [-0.05, 0) is 18.6 Å². The lowest BCUT2D eigenvalue weighted by Crippen LogP contribution is -2.16. The first-order valence-corrected chi connectivity index (χ1v) is 8.01. The molecule has 0 radical (unpaired) electrons. The first-order chi connectivity index (χ1) is 8.32. The highest BCUT2D eigenvalue weighted by atomic mass is 32.3. The highest BCUT2D eigenvalue weighted by Gasteiger charge is 2.25. The summed E-state index contributed by atoms with van der Waals surface area (Å²) >= 11 is 0. The van der Waals surface area contributed by atoms with Crippen LogP contribution in [0.4, 0.5) is 0 Å². The summed E-state index contributed by atoms with van der Waals surface area (Å²) in [5.41, 5.74) is 0.325. The van der Waals surface area contributed by atoms with Gasteiger partial charge in [-0.1, -0.05) is 18.2 Å². The van der Waals surface area contributed by atoms with Crippen LogP contribution in [0.1, 0.15) is 12.5 Å². The third-order valence-electron chi connectivity index (χ3n) is 2.08. The van der Waals surface area contributed by atoms with E-state index < -0.39 is 26.0 Å². The second kappa shape index (κ2) is 5.52. The molecule has 1 aromatic carbocycles. The van der Waals surface area contributed by atoms with Crippen molar-refractivity contribution in [1.29, 1.82) is 0 Å². The fraction of sp³-hybridized carbons (Fsp3) is 0.273. The molecule has 0 heterocycles. The molecule has 7 heteroatoms. The van der Waals surface area contributed by atoms with E-state index in [-0.39, 0.29) is 11.3 Å². The number of hydrogen-bond donors (Lipinski definition) is 0. The van der Waals surface area contributed by atoms with Crippen LogP contribution in [0, 0.1) is 12.3 Å². The van der Waals surface area contributed by atoms with Gasteiger partial charge in [0.15, 0.2) is 0 Å². The lowest BCUT2D eigenvalue weighted by atomic mass is 10.2. The van der Waals surface area contributed by atoms with Crippen LogP contribution in [0.5, 0.6) is 0 Å². The second-order valence-electron chi connectivity index (χ2n) is 3.36. The van der Waals surface area contributed by atoms with Gasteiger partial charge in [-0.3, -0.25) is 0 Å². The molecular weight excluding hydrogens is 276 g/mol. The minimum Gasteiger partial charge on any atom is -0.198 e. The van der Waals surface area contributed by atoms with E-state index in [9.17, 15) is 16.8 Å². The van der Waals surface area contributed by atoms with Gasteiger partial charge in [0, 0.05) is 6.42 Å². The summed E-state index contributed by atoms with van der Waals surface area (Å²) in [6.07, 6.45) is 5.20. The highest BCUT2D eigenvalue weighted by Crippen LogP contribution is 2.20. The molecule has 0 atom stereocenters. The van der Waals surface area contributed by atoms with Crippen LogP contribution in [0.3, 0.4) is 0 Å². The van der Waals surface area contributed by atoms with E-state index in [0.29, 0.717) is 5.56 Å². The van der Waals surface area contributed by atoms with E-state index in [4.69, 9.17) is 6.42 Å². The molecule has 0 N–H and O–H groups in total. The summed E-state index contributed by atoms with van der Waals surface area (Å²) in [6.45, 7) is 1.29. The van der Waals surface area contributed by atoms with Crippen LogP contribution < -0.4 is 0 Å². The van der Waals surface area contributed by atoms with Crippen molar-refractivity contribution in [3.63, 3.8) is 0 Å². The zero-order valence-corrected chi connectivity index (χ0v) is 11.3. The van der Waals surface area contributed by atoms with Crippen molar-refractivity contribution in [3.05, 3.63) is 29.8 Å². The Labute approximate surface area is 107 Å². The lowest BCUT2D eigenvalue weighted by Gasteiger charge is -2.08. The van der Waals surface area contributed by atoms with Crippen molar-refractivity contribution in [1.82, 2.24) is 0 Å². The summed E-state index contributed by atoms with van der Waals surface area (Å²) in [7, 11) is -8.46. The standard InChI is InChI=1S/C11H12O5S2/c1-3-7-10-8-5-6-9-11(10)18(14,15)16-17(12,13)4-2/h1,5-6,8-9H,4,7H2,2H3. The number of terminal acetylenes is 1. The molecule has 0 saturated carbocycles. The topological polar surface area (TPSA) is 77.5 Å². The summed E-state index contributed by atoms with van der Waals surface area (Å²) < 4.78 is 50.3. The molecule has 0 amide bonds. The maximum Gasteiger partial charge on any atom is 0.311 e. The van der Waals surface area contributed by atoms with Crippen molar-refractivity contribution in [2.75, 3.05) is 5.75 Å². The van der Waals surface area contributed by atoms with E-state index in [2.05, 4.69) is 9.55 Å². The Hall–Kier alpha value is -1.36. The molecule has 5 nitrogen and oxygen atoms in total. The number of rotatable bonds is 5. The number of benzene rings is 1. The van der Waals surface area contributed by atoms with Gasteiger partial charge in [0.1, 0.15) is 0 Å². The second-order valence-corrected chi connectivity index (χ2v) is 6.94. The maximum atomic E-state index is 11.8. The van der Waals surface area contributed by atoms with Crippen LogP contribution in [-0.2, 0) is 30.3 Å². The molecule has 0 aromatic heterocycles. The zero-order chi connectivity index (χ0) is 13.8. The van der Waals surface area contributed by atoms with Crippen molar-refractivity contribution in [2.45, 2.75) is 18.2 Å². The number of hydrogen-bond acceptors (Lipinski definition) is 5. The van der Waals surface area contributed by atoms with Gasteiger partial charge in [0.2, 0.25) is 0 Å². The Balaban J connectivity index is 3.26. The smallest absolute Gasteiger partial charge is 0.198 e. The van der Waals surface area contributed by atoms with Crippen molar-refractivity contribution in [3.8, 4) is 12.3 Å². The summed E-state index contributed by atoms with van der Waals surface area (Å²) in [4.78, 5) is -0.222. The van der Waals surface area contributed by atoms with E-state index in [0.717, 1.165) is 0 Å². The highest BCUT2D eigenvalue weighted by molar-refractivity contribution is 7.99. The third kappa shape index (κ3) is 3.57. The molecule has 1 aromatic rings. The minimum atomic E-state index is -4.37. The van der Waals surface area contributed by atoms with Gasteiger partial charge >= 0.3 is 10.1 Å². The normalized spacial score (nSPS) is 12.0. The molecule has 1 rings (SSSR count). The lowest BCUT2D eigenvalue weighted by molar-refractivity contribution is 0.462. The average Bonchev–Trinajstić information content (AvgIpc) is 2.29. The molecule has 0 aliphatic heterocycles. The predicted molar refractivity (Wildman–Crippen MR) is 66.7 cm³/mol. The average molecular weight is 288 g/mol. The summed E-state index contributed by atoms with van der Waals surface area (Å²) in [5.74, 6) is 1.88. The SMILES string of the molecule is C#CCc1ccccc1S(=O)(=O)OS(=O)(=O)CC. The Morgan fingerprint density at radius 2 is 1.83 bits per heavy atom. The molecule has 18 heavy (non-hydrogen) atoms. The van der Waals surface area contributed by atoms with E-state index >= 15 is 0 Å². The molecule has 98 valence electrons. The molecule has 0 bridgehead atoms. The van der Waals surface area contributed by atoms with Crippen molar-refractivity contribution < 1.29 is 20.5 Å². The Morgan fingerprint density at radius 1 is 1.22 bits per heavy atom. The van der Waals surface area contributed by atoms with Gasteiger partial charge in [-0.2, -0.15) is 16.8 Å². The predicted octanol–water partition coefficient (Wildman–Crippen LogP) is 0.917. The van der Waals surface area contributed by atoms with Crippen LogP contribution in [-0.4, -0.2) is 22.6 Å². The van der Waals surface area contributed by atoms with E-state index in [1.807, 2.05) is 0 Å². The third-order valence-corrected chi connectivity index (χ3v) is 5.27. The van der Waals surface area contributed by atoms with Gasteiger partial charge in [0.05, 0.1) is 10.6 Å². The van der Waals surface area contributed by atoms with Crippen LogP contribution in [0.15, 0.2) is 29.2 Å². The molecule has 0 aliphatic carbocycles. The summed E-state index contributed by atoms with van der Waals surface area (Å²) in [6, 6.07) is 5.84. The molecule has 0 unspecified atom stereocenters. The Kier molecular flexibility index (Phi) is 4.51. The van der Waals surface area contributed by atoms with Crippen LogP contribution >= 0.6 is 0 Å². The van der Waals surface area contributed by atoms with Gasteiger partial charge in [0.25, 0.3) is 10.1 Å². The van der Waals surface area contributed by atoms with Gasteiger partial charge in [-0.25, -0.2) is 0 Å². The Morgan fingerprint density at radius 3 is 2.39 bits per heavy atom. The van der Waals surface area contributed by atoms with Gasteiger partial charge in [-0.15, -0.1) is 16.0 Å². The van der Waals surface area contributed by atoms with Crippen LogP contribution in [0.25, 0.3) is 0 Å². The van der Waals surface area contributed by atoms with Crippen molar-refractivity contribution >= 4 is 20.2 Å². The zero-order valence-electron chi connectivity index (χ0n) is 9.66. The minimum absolute atomic E-state index is 0.0743. The molecule has 0 fully saturated rings. The summed E-state index contributed by atoms with van der Waals surface area (Å²) in [5, 5.41) is 0. The quantitative estimate of drug-likeness (QED) is 0.753. The molecular formula is C11H12O5S2. The molecule has 0 aliphatic rings. The largest absolute Gasteiger partial charge is 0.311 e. The fourth-order valence-electron chi connectivity index (χ4n) is 1.22. The maximum absolute atomic E-state index is 11.8. The molecule has 0 saturated heterocycles. The Bertz CT molecular complexity index is 666. The van der Waals surface area contributed by atoms with E-state index in [1.54, 1.807) is 6.07 Å². The molecule has 0 spiro atoms. The first kappa shape index (κ1) is 14.7. The van der Waals surface area contributed by atoms with Crippen LogP contribution in [0.2, 0.25) is 0 Å². The monoisotopic (exact) mass is 288 g/mol. The van der Waals surface area contributed by atoms with Gasteiger partial charge < -0.3 is 0 Å².